The van der Waals surface area contributed by atoms with Gasteiger partial charge in [-0.3, -0.25) is 0 Å². The summed E-state index contributed by atoms with van der Waals surface area (Å²) >= 11 is 0. The molecule has 1 fully saturated rings. The van der Waals surface area contributed by atoms with Crippen LogP contribution in [0.3, 0.4) is 0 Å². The van der Waals surface area contributed by atoms with E-state index in [2.05, 4.69) is 21.2 Å². The van der Waals surface area contributed by atoms with Crippen LogP contribution in [0.4, 0.5) is 5.82 Å². The van der Waals surface area contributed by atoms with Crippen molar-refractivity contribution < 1.29 is 4.74 Å². The summed E-state index contributed by atoms with van der Waals surface area (Å²) in [5, 5.41) is 10.6. The van der Waals surface area contributed by atoms with E-state index < -0.39 is 0 Å². The van der Waals surface area contributed by atoms with Crippen molar-refractivity contribution in [2.45, 2.75) is 6.10 Å². The molecule has 1 aromatic heterocycles. The molecule has 1 saturated heterocycles. The summed E-state index contributed by atoms with van der Waals surface area (Å²) in [5.74, 6) is 0.926. The van der Waals surface area contributed by atoms with E-state index in [0.29, 0.717) is 13.2 Å². The second-order valence-corrected chi connectivity index (χ2v) is 4.43. The maximum atomic E-state index is 5.67. The van der Waals surface area contributed by atoms with Crippen molar-refractivity contribution in [1.82, 2.24) is 10.2 Å². The third-order valence-corrected chi connectivity index (χ3v) is 3.25. The first kappa shape index (κ1) is 11.4. The predicted molar refractivity (Wildman–Crippen MR) is 70.5 cm³/mol. The van der Waals surface area contributed by atoms with E-state index in [0.717, 1.165) is 29.7 Å². The summed E-state index contributed by atoms with van der Waals surface area (Å²) < 4.78 is 5.58. The monoisotopic (exact) mass is 244 g/mol. The van der Waals surface area contributed by atoms with E-state index in [4.69, 9.17) is 10.5 Å². The van der Waals surface area contributed by atoms with Gasteiger partial charge in [0.05, 0.1) is 18.9 Å². The molecule has 1 unspecified atom stereocenters. The Bertz CT molecular complexity index is 540. The highest BCUT2D eigenvalue weighted by atomic mass is 16.5. The molecule has 5 nitrogen and oxygen atoms in total. The highest BCUT2D eigenvalue weighted by Crippen LogP contribution is 2.24. The van der Waals surface area contributed by atoms with Crippen molar-refractivity contribution in [3.63, 3.8) is 0 Å². The number of fused-ring (bicyclic) bond motifs is 1. The van der Waals surface area contributed by atoms with Gasteiger partial charge >= 0.3 is 0 Å². The Hall–Kier alpha value is -1.72. The van der Waals surface area contributed by atoms with Crippen molar-refractivity contribution in [1.29, 1.82) is 0 Å². The van der Waals surface area contributed by atoms with Crippen molar-refractivity contribution in [3.8, 4) is 0 Å². The Morgan fingerprint density at radius 2 is 2.28 bits per heavy atom. The molecule has 1 aromatic carbocycles. The molecule has 2 N–H and O–H groups in total. The number of ether oxygens (including phenoxy) is 1. The smallest absolute Gasteiger partial charge is 0.159 e. The van der Waals surface area contributed by atoms with Crippen molar-refractivity contribution >= 4 is 16.6 Å². The second-order valence-electron chi connectivity index (χ2n) is 4.43. The molecule has 3 rings (SSSR count). The van der Waals surface area contributed by atoms with E-state index >= 15 is 0 Å². The lowest BCUT2D eigenvalue weighted by Crippen LogP contribution is -2.46. The first-order chi connectivity index (χ1) is 8.88. The molecule has 0 spiro atoms. The number of nitrogens with zero attached hydrogens (tertiary/aromatic N) is 3. The summed E-state index contributed by atoms with van der Waals surface area (Å²) in [6, 6.07) is 8.16. The summed E-state index contributed by atoms with van der Waals surface area (Å²) in [4.78, 5) is 2.20. The number of anilines is 1. The average Bonchev–Trinajstić information content (AvgIpc) is 2.47. The number of benzene rings is 1. The Balaban J connectivity index is 1.98. The van der Waals surface area contributed by atoms with Crippen LogP contribution in [0.25, 0.3) is 10.8 Å². The van der Waals surface area contributed by atoms with Gasteiger partial charge in [-0.1, -0.05) is 24.3 Å². The fourth-order valence-electron chi connectivity index (χ4n) is 2.30. The van der Waals surface area contributed by atoms with Gasteiger partial charge in [0.2, 0.25) is 0 Å². The lowest BCUT2D eigenvalue weighted by atomic mass is 10.1. The number of aromatic nitrogens is 2. The first-order valence-electron chi connectivity index (χ1n) is 6.15. The van der Waals surface area contributed by atoms with Gasteiger partial charge in [-0.15, -0.1) is 5.10 Å². The average molecular weight is 244 g/mol. The normalized spacial score (nSPS) is 20.3. The van der Waals surface area contributed by atoms with E-state index in [1.165, 1.54) is 0 Å². The zero-order valence-corrected chi connectivity index (χ0v) is 10.1. The van der Waals surface area contributed by atoms with Crippen LogP contribution >= 0.6 is 0 Å². The predicted octanol–water partition coefficient (Wildman–Crippen LogP) is 0.794. The maximum absolute atomic E-state index is 5.67. The molecule has 1 aliphatic rings. The Morgan fingerprint density at radius 1 is 1.39 bits per heavy atom. The molecule has 2 heterocycles. The fraction of sp³-hybridized carbons (Fsp3) is 0.385. The number of hydrogen-bond donors (Lipinski definition) is 1. The third kappa shape index (κ3) is 2.02. The van der Waals surface area contributed by atoms with Crippen LogP contribution in [0.1, 0.15) is 0 Å². The molecule has 0 radical (unpaired) electrons. The quantitative estimate of drug-likeness (QED) is 0.846. The first-order valence-corrected chi connectivity index (χ1v) is 6.15. The molecule has 1 aliphatic heterocycles. The Morgan fingerprint density at radius 3 is 3.17 bits per heavy atom. The van der Waals surface area contributed by atoms with Crippen LogP contribution in [0.2, 0.25) is 0 Å². The molecule has 94 valence electrons. The Kier molecular flexibility index (Phi) is 3.08. The SMILES string of the molecule is NCC1CN(c2nncc3ccccc23)CCO1. The van der Waals surface area contributed by atoms with Gasteiger partial charge in [-0.25, -0.2) is 0 Å². The largest absolute Gasteiger partial charge is 0.373 e. The number of nitrogens with two attached hydrogens (primary N) is 1. The maximum Gasteiger partial charge on any atom is 0.159 e. The summed E-state index contributed by atoms with van der Waals surface area (Å²) in [6.45, 7) is 2.83. The van der Waals surface area contributed by atoms with Crippen LogP contribution in [0.5, 0.6) is 0 Å². The molecule has 0 amide bonds. The molecular weight excluding hydrogens is 228 g/mol. The third-order valence-electron chi connectivity index (χ3n) is 3.25. The van der Waals surface area contributed by atoms with Gasteiger partial charge in [0.1, 0.15) is 0 Å². The van der Waals surface area contributed by atoms with Crippen LogP contribution in [-0.4, -0.2) is 42.5 Å². The van der Waals surface area contributed by atoms with Gasteiger partial charge < -0.3 is 15.4 Å². The molecule has 18 heavy (non-hydrogen) atoms. The highest BCUT2D eigenvalue weighted by Gasteiger charge is 2.21. The minimum Gasteiger partial charge on any atom is -0.373 e. The number of hydrogen-bond acceptors (Lipinski definition) is 5. The van der Waals surface area contributed by atoms with E-state index in [-0.39, 0.29) is 6.10 Å². The lowest BCUT2D eigenvalue weighted by Gasteiger charge is -2.33. The van der Waals surface area contributed by atoms with E-state index in [1.54, 1.807) is 6.20 Å². The van der Waals surface area contributed by atoms with Gasteiger partial charge in [0, 0.05) is 30.4 Å². The minimum atomic E-state index is 0.0829. The number of rotatable bonds is 2. The molecule has 0 saturated carbocycles. The van der Waals surface area contributed by atoms with Crippen LogP contribution < -0.4 is 10.6 Å². The standard InChI is InChI=1S/C13H16N4O/c14-7-11-9-17(5-6-18-11)13-12-4-2-1-3-10(12)8-15-16-13/h1-4,8,11H,5-7,9,14H2. The molecule has 0 bridgehead atoms. The topological polar surface area (TPSA) is 64.3 Å². The molecular formula is C13H16N4O. The van der Waals surface area contributed by atoms with Crippen LogP contribution in [0, 0.1) is 0 Å². The lowest BCUT2D eigenvalue weighted by molar-refractivity contribution is 0.0463. The second kappa shape index (κ2) is 4.88. The molecule has 5 heteroatoms. The fourth-order valence-corrected chi connectivity index (χ4v) is 2.30. The highest BCUT2D eigenvalue weighted by molar-refractivity contribution is 5.91. The van der Waals surface area contributed by atoms with Gasteiger partial charge in [-0.05, 0) is 0 Å². The summed E-state index contributed by atoms with van der Waals surface area (Å²) in [6.07, 6.45) is 1.87. The molecule has 0 aliphatic carbocycles. The van der Waals surface area contributed by atoms with E-state index in [9.17, 15) is 0 Å². The minimum absolute atomic E-state index is 0.0829. The van der Waals surface area contributed by atoms with Crippen molar-refractivity contribution in [2.24, 2.45) is 5.73 Å². The van der Waals surface area contributed by atoms with Crippen molar-refractivity contribution in [2.75, 3.05) is 31.1 Å². The van der Waals surface area contributed by atoms with Crippen molar-refractivity contribution in [3.05, 3.63) is 30.5 Å². The van der Waals surface area contributed by atoms with Crippen LogP contribution in [0.15, 0.2) is 30.5 Å². The summed E-state index contributed by atoms with van der Waals surface area (Å²) in [5.41, 5.74) is 5.67. The van der Waals surface area contributed by atoms with Gasteiger partial charge in [0.15, 0.2) is 5.82 Å². The Labute approximate surface area is 106 Å². The van der Waals surface area contributed by atoms with Crippen LogP contribution in [-0.2, 0) is 4.74 Å². The van der Waals surface area contributed by atoms with Gasteiger partial charge in [0.25, 0.3) is 0 Å². The molecule has 2 aromatic rings. The molecule has 1 atom stereocenters. The van der Waals surface area contributed by atoms with E-state index in [1.807, 2.05) is 18.2 Å². The van der Waals surface area contributed by atoms with Gasteiger partial charge in [-0.2, -0.15) is 5.10 Å². The zero-order chi connectivity index (χ0) is 12.4. The zero-order valence-electron chi connectivity index (χ0n) is 10.1. The summed E-state index contributed by atoms with van der Waals surface area (Å²) in [7, 11) is 0. The number of morpholine rings is 1.